The maximum atomic E-state index is 12.1. The molecular weight excluding hydrogens is 378 g/mol. The summed E-state index contributed by atoms with van der Waals surface area (Å²) in [4.78, 5) is 1.10. The summed E-state index contributed by atoms with van der Waals surface area (Å²) in [6, 6.07) is 7.94. The fraction of sp³-hybridized carbons (Fsp3) is 0.231. The van der Waals surface area contributed by atoms with E-state index in [0.29, 0.717) is 5.75 Å². The van der Waals surface area contributed by atoms with Crippen molar-refractivity contribution in [3.63, 3.8) is 0 Å². The summed E-state index contributed by atoms with van der Waals surface area (Å²) in [5, 5.41) is 10.6. The van der Waals surface area contributed by atoms with Crippen molar-refractivity contribution in [3.8, 4) is 5.75 Å². The highest BCUT2D eigenvalue weighted by Crippen LogP contribution is 2.20. The number of hydrogen-bond acceptors (Lipinski definition) is 5. The number of sulfonamides is 1. The molecule has 0 amide bonds. The Labute approximate surface area is 135 Å². The minimum Gasteiger partial charge on any atom is -0.491 e. The number of thiophene rings is 1. The fourth-order valence-electron chi connectivity index (χ4n) is 1.57. The summed E-state index contributed by atoms with van der Waals surface area (Å²) in [7, 11) is -3.55. The van der Waals surface area contributed by atoms with Crippen LogP contribution in [0.15, 0.2) is 45.1 Å². The van der Waals surface area contributed by atoms with E-state index in [2.05, 4.69) is 20.7 Å². The highest BCUT2D eigenvalue weighted by molar-refractivity contribution is 9.10. The monoisotopic (exact) mass is 391 g/mol. The van der Waals surface area contributed by atoms with Crippen LogP contribution in [0.25, 0.3) is 0 Å². The van der Waals surface area contributed by atoms with E-state index in [1.54, 1.807) is 12.1 Å². The van der Waals surface area contributed by atoms with Crippen molar-refractivity contribution < 1.29 is 18.3 Å². The molecule has 1 heterocycles. The Morgan fingerprint density at radius 1 is 1.29 bits per heavy atom. The predicted octanol–water partition coefficient (Wildman–Crippen LogP) is 2.36. The lowest BCUT2D eigenvalue weighted by Crippen LogP contribution is -2.22. The molecule has 0 saturated carbocycles. The van der Waals surface area contributed by atoms with Crippen LogP contribution in [0.5, 0.6) is 5.75 Å². The minimum absolute atomic E-state index is 0.0853. The van der Waals surface area contributed by atoms with Crippen LogP contribution in [-0.4, -0.2) is 26.7 Å². The van der Waals surface area contributed by atoms with E-state index in [0.717, 1.165) is 9.35 Å². The number of nitrogens with one attached hydrogen (secondary N) is 1. The van der Waals surface area contributed by atoms with Crippen molar-refractivity contribution >= 4 is 37.3 Å². The third-order valence-corrected chi connectivity index (χ3v) is 5.67. The van der Waals surface area contributed by atoms with Crippen LogP contribution < -0.4 is 9.46 Å². The highest BCUT2D eigenvalue weighted by Gasteiger charge is 2.14. The molecule has 0 aliphatic rings. The molecule has 2 aromatic rings. The molecule has 1 aromatic heterocycles. The van der Waals surface area contributed by atoms with Gasteiger partial charge in [0.25, 0.3) is 0 Å². The molecule has 0 fully saturated rings. The lowest BCUT2D eigenvalue weighted by Gasteiger charge is -2.07. The second-order valence-electron chi connectivity index (χ2n) is 4.10. The molecule has 0 aliphatic heterocycles. The van der Waals surface area contributed by atoms with Gasteiger partial charge in [-0.3, -0.25) is 0 Å². The van der Waals surface area contributed by atoms with E-state index in [4.69, 9.17) is 9.84 Å². The fourth-order valence-corrected chi connectivity index (χ4v) is 4.06. The second-order valence-corrected chi connectivity index (χ2v) is 7.78. The topological polar surface area (TPSA) is 75.6 Å². The van der Waals surface area contributed by atoms with Crippen LogP contribution in [0.2, 0.25) is 0 Å². The van der Waals surface area contributed by atoms with Crippen molar-refractivity contribution in [3.05, 3.63) is 45.1 Å². The molecule has 0 bridgehead atoms. The van der Waals surface area contributed by atoms with E-state index >= 15 is 0 Å². The minimum atomic E-state index is -3.55. The van der Waals surface area contributed by atoms with E-state index in [9.17, 15) is 8.42 Å². The maximum Gasteiger partial charge on any atom is 0.240 e. The summed E-state index contributed by atoms with van der Waals surface area (Å²) in [5.41, 5.74) is 0. The number of benzene rings is 1. The number of hydrogen-bond donors (Lipinski definition) is 2. The van der Waals surface area contributed by atoms with Crippen LogP contribution in [0.1, 0.15) is 4.88 Å². The molecule has 8 heteroatoms. The van der Waals surface area contributed by atoms with Gasteiger partial charge in [0, 0.05) is 21.3 Å². The molecule has 21 heavy (non-hydrogen) atoms. The van der Waals surface area contributed by atoms with E-state index in [-0.39, 0.29) is 24.7 Å². The standard InChI is InChI=1S/C13H14BrNO4S2/c14-10-7-12(20-9-10)8-15-21(17,18)13-3-1-11(2-4-13)19-6-5-16/h1-4,7,9,15-16H,5-6,8H2. The van der Waals surface area contributed by atoms with Crippen LogP contribution >= 0.6 is 27.3 Å². The summed E-state index contributed by atoms with van der Waals surface area (Å²) in [6.07, 6.45) is 0. The molecule has 5 nitrogen and oxygen atoms in total. The molecule has 0 saturated heterocycles. The lowest BCUT2D eigenvalue weighted by molar-refractivity contribution is 0.201. The lowest BCUT2D eigenvalue weighted by atomic mass is 10.3. The molecule has 0 spiro atoms. The second kappa shape index (κ2) is 7.37. The number of halogens is 1. The maximum absolute atomic E-state index is 12.1. The Hall–Kier alpha value is -0.930. The Bertz CT molecular complexity index is 682. The Morgan fingerprint density at radius 2 is 2.00 bits per heavy atom. The van der Waals surface area contributed by atoms with Gasteiger partial charge < -0.3 is 9.84 Å². The number of aliphatic hydroxyl groups is 1. The Kier molecular flexibility index (Phi) is 5.77. The zero-order valence-corrected chi connectivity index (χ0v) is 14.2. The van der Waals surface area contributed by atoms with Gasteiger partial charge in [0.2, 0.25) is 10.0 Å². The molecular formula is C13H14BrNO4S2. The first-order chi connectivity index (χ1) is 10.0. The van der Waals surface area contributed by atoms with Crippen LogP contribution in [0.3, 0.4) is 0 Å². The quantitative estimate of drug-likeness (QED) is 0.759. The molecule has 0 unspecified atom stereocenters. The Morgan fingerprint density at radius 3 is 2.57 bits per heavy atom. The molecule has 114 valence electrons. The smallest absolute Gasteiger partial charge is 0.240 e. The number of rotatable bonds is 7. The van der Waals surface area contributed by atoms with Crippen LogP contribution in [0.4, 0.5) is 0 Å². The molecule has 1 aromatic carbocycles. The number of aliphatic hydroxyl groups excluding tert-OH is 1. The zero-order chi connectivity index (χ0) is 15.3. The summed E-state index contributed by atoms with van der Waals surface area (Å²) in [6.45, 7) is 0.344. The summed E-state index contributed by atoms with van der Waals surface area (Å²) in [5.74, 6) is 0.519. The average molecular weight is 392 g/mol. The zero-order valence-electron chi connectivity index (χ0n) is 11.0. The van der Waals surface area contributed by atoms with Gasteiger partial charge in [0.05, 0.1) is 11.5 Å². The summed E-state index contributed by atoms with van der Waals surface area (Å²) >= 11 is 4.81. The van der Waals surface area contributed by atoms with Crippen molar-refractivity contribution in [1.82, 2.24) is 4.72 Å². The Balaban J connectivity index is 2.01. The van der Waals surface area contributed by atoms with Gasteiger partial charge in [-0.15, -0.1) is 11.3 Å². The largest absolute Gasteiger partial charge is 0.491 e. The first-order valence-corrected chi connectivity index (χ1v) is 9.23. The van der Waals surface area contributed by atoms with Crippen LogP contribution in [0, 0.1) is 0 Å². The van der Waals surface area contributed by atoms with Gasteiger partial charge in [-0.1, -0.05) is 0 Å². The van der Waals surface area contributed by atoms with E-state index in [1.807, 2.05) is 11.4 Å². The van der Waals surface area contributed by atoms with Gasteiger partial charge in [0.1, 0.15) is 12.4 Å². The molecule has 0 aliphatic carbocycles. The molecule has 0 radical (unpaired) electrons. The van der Waals surface area contributed by atoms with Gasteiger partial charge in [0.15, 0.2) is 0 Å². The van der Waals surface area contributed by atoms with E-state index in [1.165, 1.54) is 23.5 Å². The highest BCUT2D eigenvalue weighted by atomic mass is 79.9. The molecule has 0 atom stereocenters. The number of ether oxygens (including phenoxy) is 1. The van der Waals surface area contributed by atoms with E-state index < -0.39 is 10.0 Å². The normalized spacial score (nSPS) is 11.5. The van der Waals surface area contributed by atoms with Crippen LogP contribution in [-0.2, 0) is 16.6 Å². The van der Waals surface area contributed by atoms with Crippen molar-refractivity contribution in [2.75, 3.05) is 13.2 Å². The predicted molar refractivity (Wildman–Crippen MR) is 85.1 cm³/mol. The molecule has 2 rings (SSSR count). The van der Waals surface area contributed by atoms with Crippen molar-refractivity contribution in [2.24, 2.45) is 0 Å². The van der Waals surface area contributed by atoms with Gasteiger partial charge in [-0.2, -0.15) is 0 Å². The van der Waals surface area contributed by atoms with Crippen molar-refractivity contribution in [1.29, 1.82) is 0 Å². The third kappa shape index (κ3) is 4.79. The third-order valence-electron chi connectivity index (χ3n) is 2.55. The summed E-state index contributed by atoms with van der Waals surface area (Å²) < 4.78 is 32.9. The van der Waals surface area contributed by atoms with Gasteiger partial charge in [-0.05, 0) is 46.3 Å². The van der Waals surface area contributed by atoms with Gasteiger partial charge in [-0.25, -0.2) is 13.1 Å². The average Bonchev–Trinajstić information content (AvgIpc) is 2.89. The molecule has 2 N–H and O–H groups in total. The SMILES string of the molecule is O=S(=O)(NCc1cc(Br)cs1)c1ccc(OCCO)cc1. The van der Waals surface area contributed by atoms with Gasteiger partial charge >= 0.3 is 0 Å². The van der Waals surface area contributed by atoms with Crippen molar-refractivity contribution in [2.45, 2.75) is 11.4 Å². The first kappa shape index (κ1) is 16.4. The first-order valence-electron chi connectivity index (χ1n) is 6.07.